The molecule has 2 aromatic carbocycles. The van der Waals surface area contributed by atoms with E-state index in [1.165, 1.54) is 0 Å². The minimum atomic E-state index is -0.586. The third-order valence-electron chi connectivity index (χ3n) is 4.44. The van der Waals surface area contributed by atoms with Crippen LogP contribution in [0.1, 0.15) is 11.1 Å². The molecule has 30 heavy (non-hydrogen) atoms. The van der Waals surface area contributed by atoms with Crippen molar-refractivity contribution in [2.45, 2.75) is 19.1 Å². The van der Waals surface area contributed by atoms with Crippen LogP contribution in [0, 0.1) is 13.8 Å². The van der Waals surface area contributed by atoms with Crippen molar-refractivity contribution in [1.82, 2.24) is 20.5 Å². The number of carbonyl (C=O) groups excluding carboxylic acids is 2. The van der Waals surface area contributed by atoms with Gasteiger partial charge in [0.2, 0.25) is 5.91 Å². The molecular formula is C21H19N5O3S. The first-order valence-corrected chi connectivity index (χ1v) is 10.2. The van der Waals surface area contributed by atoms with Crippen molar-refractivity contribution in [3.63, 3.8) is 0 Å². The Labute approximate surface area is 176 Å². The number of urea groups is 1. The molecule has 8 nitrogen and oxygen atoms in total. The van der Waals surface area contributed by atoms with Gasteiger partial charge in [-0.3, -0.25) is 10.1 Å². The third-order valence-corrected chi connectivity index (χ3v) is 5.25. The average molecular weight is 421 g/mol. The Morgan fingerprint density at radius 2 is 1.97 bits per heavy atom. The number of aromatic nitrogens is 3. The number of nitrogens with zero attached hydrogens (tertiary/aromatic N) is 2. The van der Waals surface area contributed by atoms with Crippen molar-refractivity contribution < 1.29 is 14.0 Å². The molecule has 4 aromatic rings. The van der Waals surface area contributed by atoms with Gasteiger partial charge < -0.3 is 14.7 Å². The number of nitrogens with one attached hydrogen (secondary N) is 3. The number of hydrogen-bond donors (Lipinski definition) is 3. The van der Waals surface area contributed by atoms with Crippen LogP contribution in [0.25, 0.3) is 22.4 Å². The number of aryl methyl sites for hydroxylation is 2. The van der Waals surface area contributed by atoms with Gasteiger partial charge >= 0.3 is 6.03 Å². The van der Waals surface area contributed by atoms with Gasteiger partial charge in [-0.1, -0.05) is 47.7 Å². The Hall–Kier alpha value is -3.59. The summed E-state index contributed by atoms with van der Waals surface area (Å²) in [4.78, 5) is 27.3. The molecule has 0 saturated heterocycles. The molecule has 0 aliphatic heterocycles. The molecule has 0 bridgehead atoms. The molecule has 3 N–H and O–H groups in total. The number of thioether (sulfide) groups is 1. The molecule has 2 aromatic heterocycles. The SMILES string of the molecule is Cc1ccc(NC(=O)NC(=O)CSc2nnc(-c3c[nH]c4ccccc34)o2)c(C)c1. The summed E-state index contributed by atoms with van der Waals surface area (Å²) in [6.45, 7) is 3.86. The van der Waals surface area contributed by atoms with Gasteiger partial charge in [-0.15, -0.1) is 10.2 Å². The van der Waals surface area contributed by atoms with Gasteiger partial charge in [0.1, 0.15) is 0 Å². The molecule has 4 rings (SSSR count). The van der Waals surface area contributed by atoms with E-state index >= 15 is 0 Å². The summed E-state index contributed by atoms with van der Waals surface area (Å²) in [7, 11) is 0. The molecule has 0 aliphatic carbocycles. The minimum Gasteiger partial charge on any atom is -0.411 e. The number of hydrogen-bond acceptors (Lipinski definition) is 6. The molecule has 0 spiro atoms. The molecule has 0 atom stereocenters. The van der Waals surface area contributed by atoms with E-state index in [0.717, 1.165) is 39.4 Å². The summed E-state index contributed by atoms with van der Waals surface area (Å²) in [6.07, 6.45) is 1.80. The van der Waals surface area contributed by atoms with Gasteiger partial charge in [0.15, 0.2) is 0 Å². The van der Waals surface area contributed by atoms with Crippen LogP contribution in [-0.4, -0.2) is 32.9 Å². The molecule has 152 valence electrons. The van der Waals surface area contributed by atoms with Crippen molar-refractivity contribution in [1.29, 1.82) is 0 Å². The lowest BCUT2D eigenvalue weighted by Gasteiger charge is -2.09. The molecule has 2 heterocycles. The highest BCUT2D eigenvalue weighted by molar-refractivity contribution is 7.99. The highest BCUT2D eigenvalue weighted by Gasteiger charge is 2.15. The number of amides is 3. The number of fused-ring (bicyclic) bond motifs is 1. The van der Waals surface area contributed by atoms with Gasteiger partial charge in [0.25, 0.3) is 11.1 Å². The fourth-order valence-corrected chi connectivity index (χ4v) is 3.59. The van der Waals surface area contributed by atoms with E-state index in [1.807, 2.05) is 50.2 Å². The van der Waals surface area contributed by atoms with E-state index < -0.39 is 11.9 Å². The third kappa shape index (κ3) is 4.36. The topological polar surface area (TPSA) is 113 Å². The van der Waals surface area contributed by atoms with Crippen molar-refractivity contribution in [2.75, 3.05) is 11.1 Å². The number of imide groups is 1. The normalized spacial score (nSPS) is 10.9. The second kappa shape index (κ2) is 8.42. The van der Waals surface area contributed by atoms with Crippen molar-refractivity contribution in [3.8, 4) is 11.5 Å². The van der Waals surface area contributed by atoms with Gasteiger partial charge in [-0.2, -0.15) is 0 Å². The van der Waals surface area contributed by atoms with Crippen molar-refractivity contribution >= 4 is 40.3 Å². The highest BCUT2D eigenvalue weighted by atomic mass is 32.2. The molecule has 0 saturated carbocycles. The second-order valence-corrected chi connectivity index (χ2v) is 7.66. The maximum atomic E-state index is 12.1. The molecule has 0 aliphatic rings. The van der Waals surface area contributed by atoms with Crippen molar-refractivity contribution in [2.24, 2.45) is 0 Å². The Bertz CT molecular complexity index is 1230. The van der Waals surface area contributed by atoms with Crippen LogP contribution in [0.15, 0.2) is 58.3 Å². The summed E-state index contributed by atoms with van der Waals surface area (Å²) < 4.78 is 5.65. The van der Waals surface area contributed by atoms with Crippen LogP contribution < -0.4 is 10.6 Å². The zero-order valence-electron chi connectivity index (χ0n) is 16.4. The van der Waals surface area contributed by atoms with Crippen LogP contribution >= 0.6 is 11.8 Å². The predicted molar refractivity (Wildman–Crippen MR) is 115 cm³/mol. The number of anilines is 1. The molecular weight excluding hydrogens is 402 g/mol. The number of aromatic amines is 1. The van der Waals surface area contributed by atoms with E-state index in [2.05, 4.69) is 25.8 Å². The van der Waals surface area contributed by atoms with Gasteiger partial charge in [0.05, 0.1) is 11.3 Å². The quantitative estimate of drug-likeness (QED) is 0.415. The highest BCUT2D eigenvalue weighted by Crippen LogP contribution is 2.29. The van der Waals surface area contributed by atoms with E-state index in [9.17, 15) is 9.59 Å². The number of carbonyl (C=O) groups is 2. The lowest BCUT2D eigenvalue weighted by molar-refractivity contribution is -0.117. The summed E-state index contributed by atoms with van der Waals surface area (Å²) in [5, 5.41) is 14.2. The Balaban J connectivity index is 1.33. The van der Waals surface area contributed by atoms with Crippen LogP contribution in [0.5, 0.6) is 0 Å². The summed E-state index contributed by atoms with van der Waals surface area (Å²) >= 11 is 1.06. The van der Waals surface area contributed by atoms with Crippen molar-refractivity contribution in [3.05, 3.63) is 59.8 Å². The van der Waals surface area contributed by atoms with Gasteiger partial charge in [0, 0.05) is 22.8 Å². The Morgan fingerprint density at radius 1 is 1.13 bits per heavy atom. The van der Waals surface area contributed by atoms with Gasteiger partial charge in [-0.25, -0.2) is 4.79 Å². The molecule has 0 fully saturated rings. The minimum absolute atomic E-state index is 0.0319. The van der Waals surface area contributed by atoms with E-state index in [-0.39, 0.29) is 11.0 Å². The molecule has 3 amide bonds. The Kier molecular flexibility index (Phi) is 5.53. The number of benzene rings is 2. The summed E-state index contributed by atoms with van der Waals surface area (Å²) in [5.41, 5.74) is 4.43. The fraction of sp³-hybridized carbons (Fsp3) is 0.143. The average Bonchev–Trinajstić information content (AvgIpc) is 3.35. The monoisotopic (exact) mass is 421 g/mol. The number of rotatable bonds is 5. The zero-order chi connectivity index (χ0) is 21.1. The number of H-pyrrole nitrogens is 1. The van der Waals surface area contributed by atoms with Gasteiger partial charge in [-0.05, 0) is 31.5 Å². The van der Waals surface area contributed by atoms with Crippen LogP contribution in [0.4, 0.5) is 10.5 Å². The van der Waals surface area contributed by atoms with Crippen LogP contribution in [0.3, 0.4) is 0 Å². The summed E-state index contributed by atoms with van der Waals surface area (Å²) in [5.74, 6) is -0.132. The Morgan fingerprint density at radius 3 is 2.80 bits per heavy atom. The van der Waals surface area contributed by atoms with Crippen LogP contribution in [0.2, 0.25) is 0 Å². The second-order valence-electron chi connectivity index (χ2n) is 6.73. The lowest BCUT2D eigenvalue weighted by atomic mass is 10.1. The smallest absolute Gasteiger partial charge is 0.325 e. The molecule has 9 heteroatoms. The van der Waals surface area contributed by atoms with E-state index in [4.69, 9.17) is 4.42 Å². The van der Waals surface area contributed by atoms with E-state index in [1.54, 1.807) is 12.3 Å². The predicted octanol–water partition coefficient (Wildman–Crippen LogP) is 4.28. The first-order chi connectivity index (χ1) is 14.5. The fourth-order valence-electron chi connectivity index (χ4n) is 3.02. The number of para-hydroxylation sites is 1. The first kappa shape index (κ1) is 19.7. The lowest BCUT2D eigenvalue weighted by Crippen LogP contribution is -2.35. The standard InChI is InChI=1S/C21H19N5O3S/c1-12-7-8-16(13(2)9-12)23-20(28)24-18(27)11-30-21-26-25-19(29-21)15-10-22-17-6-4-3-5-14(15)17/h3-10,22H,11H2,1-2H3,(H2,23,24,27,28). The maximum Gasteiger partial charge on any atom is 0.325 e. The first-order valence-electron chi connectivity index (χ1n) is 9.20. The van der Waals surface area contributed by atoms with Crippen LogP contribution in [-0.2, 0) is 4.79 Å². The summed E-state index contributed by atoms with van der Waals surface area (Å²) in [6, 6.07) is 12.8. The zero-order valence-corrected chi connectivity index (χ0v) is 17.2. The molecule has 0 unspecified atom stereocenters. The maximum absolute atomic E-state index is 12.1. The van der Waals surface area contributed by atoms with E-state index in [0.29, 0.717) is 11.6 Å². The molecule has 0 radical (unpaired) electrons. The largest absolute Gasteiger partial charge is 0.411 e.